The summed E-state index contributed by atoms with van der Waals surface area (Å²) < 4.78 is 15.4. The monoisotopic (exact) mass is 268 g/mol. The highest BCUT2D eigenvalue weighted by Gasteiger charge is 2.46. The maximum absolute atomic E-state index is 11.9. The Balaban J connectivity index is 2.07. The number of esters is 1. The van der Waals surface area contributed by atoms with E-state index in [1.807, 2.05) is 0 Å². The molecule has 1 aromatic carbocycles. The molecule has 19 heavy (non-hydrogen) atoms. The Morgan fingerprint density at radius 3 is 2.63 bits per heavy atom. The Labute approximate surface area is 110 Å². The van der Waals surface area contributed by atoms with Crippen molar-refractivity contribution in [2.45, 2.75) is 24.6 Å². The minimum absolute atomic E-state index is 0.372. The van der Waals surface area contributed by atoms with Gasteiger partial charge in [0.05, 0.1) is 12.2 Å². The van der Waals surface area contributed by atoms with E-state index in [0.717, 1.165) is 0 Å². The van der Waals surface area contributed by atoms with E-state index in [0.29, 0.717) is 5.56 Å². The van der Waals surface area contributed by atoms with Crippen molar-refractivity contribution in [2.24, 2.45) is 0 Å². The van der Waals surface area contributed by atoms with E-state index in [1.54, 1.807) is 30.3 Å². The number of aliphatic hydroxyl groups excluding tert-OH is 2. The number of carbonyl (C=O) groups is 1. The summed E-state index contributed by atoms with van der Waals surface area (Å²) in [4.78, 5) is 11.9. The molecular formula is C13H16O6. The van der Waals surface area contributed by atoms with Gasteiger partial charge >= 0.3 is 5.97 Å². The van der Waals surface area contributed by atoms with Crippen molar-refractivity contribution in [1.29, 1.82) is 0 Å². The van der Waals surface area contributed by atoms with Gasteiger partial charge in [-0.1, -0.05) is 18.2 Å². The number of benzene rings is 1. The third-order valence-electron chi connectivity index (χ3n) is 2.96. The van der Waals surface area contributed by atoms with Crippen LogP contribution in [0.2, 0.25) is 0 Å². The normalized spacial score (nSPS) is 30.3. The van der Waals surface area contributed by atoms with Gasteiger partial charge in [-0.25, -0.2) is 4.79 Å². The van der Waals surface area contributed by atoms with Gasteiger partial charge in [0.15, 0.2) is 12.4 Å². The lowest BCUT2D eigenvalue weighted by atomic mass is 10.1. The summed E-state index contributed by atoms with van der Waals surface area (Å²) in [6.45, 7) is -0.375. The number of ether oxygens (including phenoxy) is 3. The Kier molecular flexibility index (Phi) is 4.49. The first-order valence-corrected chi connectivity index (χ1v) is 5.90. The molecule has 2 rings (SSSR count). The van der Waals surface area contributed by atoms with Gasteiger partial charge in [-0.15, -0.1) is 0 Å². The summed E-state index contributed by atoms with van der Waals surface area (Å²) in [5.74, 6) is -0.575. The van der Waals surface area contributed by atoms with Gasteiger partial charge in [-0.2, -0.15) is 0 Å². The van der Waals surface area contributed by atoms with Crippen LogP contribution in [-0.2, 0) is 14.2 Å². The van der Waals surface area contributed by atoms with Crippen molar-refractivity contribution < 1.29 is 29.2 Å². The van der Waals surface area contributed by atoms with Gasteiger partial charge in [0.2, 0.25) is 0 Å². The molecule has 0 unspecified atom stereocenters. The maximum atomic E-state index is 11.9. The Bertz CT molecular complexity index is 418. The van der Waals surface area contributed by atoms with Crippen LogP contribution in [0, 0.1) is 0 Å². The zero-order valence-electron chi connectivity index (χ0n) is 10.4. The fourth-order valence-electron chi connectivity index (χ4n) is 1.93. The van der Waals surface area contributed by atoms with Crippen LogP contribution in [0.1, 0.15) is 10.4 Å². The van der Waals surface area contributed by atoms with Crippen molar-refractivity contribution in [2.75, 3.05) is 13.7 Å². The van der Waals surface area contributed by atoms with E-state index in [9.17, 15) is 9.90 Å². The van der Waals surface area contributed by atoms with Gasteiger partial charge in [0, 0.05) is 7.11 Å². The molecule has 1 aromatic rings. The number of carbonyl (C=O) groups excluding carboxylic acids is 1. The minimum Gasteiger partial charge on any atom is -0.450 e. The number of hydrogen-bond acceptors (Lipinski definition) is 6. The lowest BCUT2D eigenvalue weighted by Crippen LogP contribution is -2.38. The highest BCUT2D eigenvalue weighted by molar-refractivity contribution is 5.89. The maximum Gasteiger partial charge on any atom is 0.338 e. The largest absolute Gasteiger partial charge is 0.450 e. The molecule has 1 heterocycles. The van der Waals surface area contributed by atoms with E-state index in [4.69, 9.17) is 19.3 Å². The minimum atomic E-state index is -1.12. The molecule has 0 bridgehead atoms. The summed E-state index contributed by atoms with van der Waals surface area (Å²) in [6.07, 6.45) is -3.80. The molecule has 0 spiro atoms. The van der Waals surface area contributed by atoms with Crippen LogP contribution < -0.4 is 0 Å². The van der Waals surface area contributed by atoms with Crippen molar-refractivity contribution in [3.8, 4) is 0 Å². The topological polar surface area (TPSA) is 85.2 Å². The zero-order valence-corrected chi connectivity index (χ0v) is 10.4. The summed E-state index contributed by atoms with van der Waals surface area (Å²) in [5, 5.41) is 18.9. The summed E-state index contributed by atoms with van der Waals surface area (Å²) in [5.41, 5.74) is 0.372. The molecule has 1 saturated heterocycles. The van der Waals surface area contributed by atoms with E-state index in [2.05, 4.69) is 0 Å². The van der Waals surface area contributed by atoms with Gasteiger partial charge < -0.3 is 24.4 Å². The quantitative estimate of drug-likeness (QED) is 0.744. The number of hydrogen-bond donors (Lipinski definition) is 2. The molecule has 6 heteroatoms. The molecule has 6 nitrogen and oxygen atoms in total. The summed E-state index contributed by atoms with van der Waals surface area (Å²) in [7, 11) is 1.38. The highest BCUT2D eigenvalue weighted by Crippen LogP contribution is 2.25. The van der Waals surface area contributed by atoms with Gasteiger partial charge in [-0.05, 0) is 12.1 Å². The molecule has 0 saturated carbocycles. The molecule has 1 aliphatic heterocycles. The third-order valence-corrected chi connectivity index (χ3v) is 2.96. The Morgan fingerprint density at radius 1 is 1.37 bits per heavy atom. The number of aliphatic hydroxyl groups is 2. The van der Waals surface area contributed by atoms with Crippen LogP contribution in [0.25, 0.3) is 0 Å². The second-order valence-corrected chi connectivity index (χ2v) is 4.19. The second kappa shape index (κ2) is 6.12. The highest BCUT2D eigenvalue weighted by atomic mass is 16.7. The average molecular weight is 268 g/mol. The van der Waals surface area contributed by atoms with E-state index < -0.39 is 30.6 Å². The first-order valence-electron chi connectivity index (χ1n) is 5.90. The lowest BCUT2D eigenvalue weighted by molar-refractivity contribution is -0.154. The predicted octanol–water partition coefficient (Wildman–Crippen LogP) is -0.0635. The van der Waals surface area contributed by atoms with E-state index in [-0.39, 0.29) is 6.61 Å². The molecule has 0 aliphatic carbocycles. The SMILES string of the molecule is CO[C@H]1O[C@H](CO)[C@H](O)[C@H]1OC(=O)c1ccccc1. The fraction of sp³-hybridized carbons (Fsp3) is 0.462. The van der Waals surface area contributed by atoms with Crippen molar-refractivity contribution >= 4 is 5.97 Å². The van der Waals surface area contributed by atoms with Crippen LogP contribution in [0.15, 0.2) is 30.3 Å². The van der Waals surface area contributed by atoms with Gasteiger partial charge in [0.1, 0.15) is 12.2 Å². The second-order valence-electron chi connectivity index (χ2n) is 4.19. The molecule has 0 radical (unpaired) electrons. The van der Waals surface area contributed by atoms with Crippen molar-refractivity contribution in [3.05, 3.63) is 35.9 Å². The van der Waals surface area contributed by atoms with E-state index >= 15 is 0 Å². The first kappa shape index (κ1) is 14.0. The molecule has 1 fully saturated rings. The third kappa shape index (κ3) is 2.93. The average Bonchev–Trinajstić information content (AvgIpc) is 2.76. The Hall–Kier alpha value is -1.47. The van der Waals surface area contributed by atoms with E-state index in [1.165, 1.54) is 7.11 Å². The van der Waals surface area contributed by atoms with Crippen LogP contribution in [-0.4, -0.2) is 54.5 Å². The van der Waals surface area contributed by atoms with Crippen LogP contribution >= 0.6 is 0 Å². The molecule has 2 N–H and O–H groups in total. The molecular weight excluding hydrogens is 252 g/mol. The van der Waals surface area contributed by atoms with Crippen molar-refractivity contribution in [3.63, 3.8) is 0 Å². The van der Waals surface area contributed by atoms with Gasteiger partial charge in [0.25, 0.3) is 0 Å². The van der Waals surface area contributed by atoms with Crippen LogP contribution in [0.4, 0.5) is 0 Å². The Morgan fingerprint density at radius 2 is 2.05 bits per heavy atom. The van der Waals surface area contributed by atoms with Crippen molar-refractivity contribution in [1.82, 2.24) is 0 Å². The summed E-state index contributed by atoms with van der Waals surface area (Å²) >= 11 is 0. The van der Waals surface area contributed by atoms with Crippen LogP contribution in [0.3, 0.4) is 0 Å². The molecule has 4 atom stereocenters. The smallest absolute Gasteiger partial charge is 0.338 e. The number of rotatable bonds is 4. The predicted molar refractivity (Wildman–Crippen MR) is 64.4 cm³/mol. The molecule has 1 aliphatic rings. The fourth-order valence-corrected chi connectivity index (χ4v) is 1.93. The standard InChI is InChI=1S/C13H16O6/c1-17-13-11(10(15)9(7-14)18-13)19-12(16)8-5-3-2-4-6-8/h2-6,9-11,13-15H,7H2,1H3/t9-,10+,11-,13+/m1/s1. The molecule has 0 aromatic heterocycles. The molecule has 104 valence electrons. The summed E-state index contributed by atoms with van der Waals surface area (Å²) in [6, 6.07) is 8.42. The zero-order chi connectivity index (χ0) is 13.8. The van der Waals surface area contributed by atoms with Gasteiger partial charge in [-0.3, -0.25) is 0 Å². The lowest BCUT2D eigenvalue weighted by Gasteiger charge is -2.19. The number of methoxy groups -OCH3 is 1. The molecule has 0 amide bonds. The van der Waals surface area contributed by atoms with Crippen LogP contribution in [0.5, 0.6) is 0 Å². The first-order chi connectivity index (χ1) is 9.17.